The summed E-state index contributed by atoms with van der Waals surface area (Å²) in [5, 5.41) is 39.8. The van der Waals surface area contributed by atoms with Crippen LogP contribution in [0.25, 0.3) is 22.7 Å². The van der Waals surface area contributed by atoms with Crippen molar-refractivity contribution in [1.82, 2.24) is 39.1 Å². The maximum Gasteiger partial charge on any atom is 0.103 e. The van der Waals surface area contributed by atoms with E-state index in [4.69, 9.17) is 10.2 Å². The predicted octanol–water partition coefficient (Wildman–Crippen LogP) is 11.9. The van der Waals surface area contributed by atoms with Gasteiger partial charge in [-0.2, -0.15) is 20.4 Å². The van der Waals surface area contributed by atoms with Gasteiger partial charge in [0.1, 0.15) is 4.03 Å². The zero-order valence-corrected chi connectivity index (χ0v) is 41.1. The molecule has 60 heavy (non-hydrogen) atoms. The molecule has 0 fully saturated rings. The van der Waals surface area contributed by atoms with Crippen LogP contribution in [0.5, 0.6) is 0 Å². The van der Waals surface area contributed by atoms with Crippen LogP contribution < -0.4 is 0 Å². The highest BCUT2D eigenvalue weighted by Gasteiger charge is 2.14. The Hall–Kier alpha value is -3.53. The molecule has 8 rings (SSSR count). The van der Waals surface area contributed by atoms with Crippen molar-refractivity contribution in [2.75, 3.05) is 0 Å². The lowest BCUT2D eigenvalue weighted by Gasteiger charge is -2.04. The van der Waals surface area contributed by atoms with Gasteiger partial charge >= 0.3 is 0 Å². The van der Waals surface area contributed by atoms with Crippen molar-refractivity contribution < 1.29 is 10.2 Å². The Morgan fingerprint density at radius 3 is 0.817 bits per heavy atom. The van der Waals surface area contributed by atoms with Gasteiger partial charge < -0.3 is 10.2 Å². The van der Waals surface area contributed by atoms with Gasteiger partial charge in [-0.3, -0.25) is 0 Å². The number of aryl methyl sites for hydroxylation is 4. The summed E-state index contributed by atoms with van der Waals surface area (Å²) in [5.41, 5.74) is 11.8. The maximum absolute atomic E-state index is 9.67. The number of aliphatic hydroxyl groups is 2. The SMILES string of the molecule is BrCc1cc(CCc2cc(CBr)n(-c3ccccc3)n2)nn1-c1ccccc1.BrP(Br)Br.OCc1cc(CCc2cc(CO)n(-c3ccccc3)n2)nn1-c1ccccc1. The molecule has 16 heteroatoms. The fourth-order valence-corrected chi connectivity index (χ4v) is 7.29. The first kappa shape index (κ1) is 46.0. The maximum atomic E-state index is 9.67. The van der Waals surface area contributed by atoms with Crippen molar-refractivity contribution in [3.8, 4) is 22.7 Å². The Balaban J connectivity index is 0.000000185. The first-order valence-electron chi connectivity index (χ1n) is 18.9. The average Bonchev–Trinajstić information content (AvgIpc) is 4.11. The molecule has 0 aliphatic heterocycles. The molecular weight excluding hydrogens is 1100 g/mol. The molecule has 2 N–H and O–H groups in total. The molecule has 4 heterocycles. The van der Waals surface area contributed by atoms with Gasteiger partial charge in [0.15, 0.2) is 0 Å². The summed E-state index contributed by atoms with van der Waals surface area (Å²) in [4.78, 5) is 0. The zero-order chi connectivity index (χ0) is 42.3. The van der Waals surface area contributed by atoms with Crippen LogP contribution in [0.3, 0.4) is 0 Å². The van der Waals surface area contributed by atoms with E-state index >= 15 is 0 Å². The molecule has 0 unspecified atom stereocenters. The van der Waals surface area contributed by atoms with Gasteiger partial charge in [-0.25, -0.2) is 18.7 Å². The van der Waals surface area contributed by atoms with Gasteiger partial charge in [-0.15, -0.1) is 0 Å². The van der Waals surface area contributed by atoms with Crippen molar-refractivity contribution in [3.05, 3.63) is 191 Å². The molecule has 0 aliphatic rings. The number of hydrogen-bond acceptors (Lipinski definition) is 6. The summed E-state index contributed by atoms with van der Waals surface area (Å²) in [6, 6.07) is 48.2. The molecule has 0 amide bonds. The fraction of sp³-hybridized carbons (Fsp3) is 0.182. The number of halogens is 5. The van der Waals surface area contributed by atoms with Crippen molar-refractivity contribution in [2.24, 2.45) is 0 Å². The quantitative estimate of drug-likeness (QED) is 0.0829. The number of rotatable bonds is 14. The number of aromatic nitrogens is 8. The minimum atomic E-state index is -0.183. The monoisotopic (exact) mass is 1140 g/mol. The van der Waals surface area contributed by atoms with Crippen molar-refractivity contribution >= 4 is 82.4 Å². The summed E-state index contributed by atoms with van der Waals surface area (Å²) in [6.45, 7) is -0.140. The van der Waals surface area contributed by atoms with Gasteiger partial charge in [0.05, 0.1) is 81.5 Å². The third-order valence-electron chi connectivity index (χ3n) is 9.21. The first-order chi connectivity index (χ1) is 29.3. The lowest BCUT2D eigenvalue weighted by atomic mass is 10.2. The van der Waals surface area contributed by atoms with Crippen molar-refractivity contribution in [2.45, 2.75) is 49.6 Å². The van der Waals surface area contributed by atoms with Gasteiger partial charge in [0.2, 0.25) is 0 Å². The molecule has 8 aromatic rings. The normalized spacial score (nSPS) is 10.9. The smallest absolute Gasteiger partial charge is 0.103 e. The summed E-state index contributed by atoms with van der Waals surface area (Å²) in [5.74, 6) is 0. The van der Waals surface area contributed by atoms with Crippen molar-refractivity contribution in [1.29, 1.82) is 0 Å². The lowest BCUT2D eigenvalue weighted by Crippen LogP contribution is -2.03. The third-order valence-corrected chi connectivity index (χ3v) is 10.4. The minimum absolute atomic E-state index is 0.0702. The highest BCUT2D eigenvalue weighted by Crippen LogP contribution is 2.59. The Bertz CT molecular complexity index is 2150. The van der Waals surface area contributed by atoms with Crippen LogP contribution in [0.15, 0.2) is 146 Å². The summed E-state index contributed by atoms with van der Waals surface area (Å²) >= 11 is 16.7. The molecule has 4 aromatic carbocycles. The number of para-hydroxylation sites is 4. The number of aliphatic hydroxyl groups excluding tert-OH is 2. The third kappa shape index (κ3) is 12.8. The molecule has 0 bridgehead atoms. The van der Waals surface area contributed by atoms with E-state index in [2.05, 4.69) is 125 Å². The zero-order valence-electron chi connectivity index (χ0n) is 32.3. The number of benzene rings is 4. The van der Waals surface area contributed by atoms with E-state index in [1.165, 1.54) is 0 Å². The largest absolute Gasteiger partial charge is 0.390 e. The van der Waals surface area contributed by atoms with E-state index in [1.54, 1.807) is 9.36 Å². The minimum Gasteiger partial charge on any atom is -0.390 e. The molecule has 4 aromatic heterocycles. The molecule has 0 saturated carbocycles. The molecule has 310 valence electrons. The van der Waals surface area contributed by atoms with E-state index in [1.807, 2.05) is 119 Å². The van der Waals surface area contributed by atoms with Crippen LogP contribution in [-0.4, -0.2) is 49.3 Å². The molecule has 0 saturated heterocycles. The molecule has 0 spiro atoms. The second-order valence-electron chi connectivity index (χ2n) is 13.3. The van der Waals surface area contributed by atoms with Gasteiger partial charge in [-0.1, -0.05) is 105 Å². The lowest BCUT2D eigenvalue weighted by molar-refractivity contribution is 0.273. The van der Waals surface area contributed by atoms with Crippen LogP contribution in [-0.2, 0) is 49.6 Å². The van der Waals surface area contributed by atoms with Crippen LogP contribution in [0.4, 0.5) is 0 Å². The molecule has 0 atom stereocenters. The average molecular weight is 1150 g/mol. The summed E-state index contributed by atoms with van der Waals surface area (Å²) < 4.78 is 7.39. The second-order valence-corrected chi connectivity index (χ2v) is 29.7. The summed E-state index contributed by atoms with van der Waals surface area (Å²) in [6.07, 6.45) is 3.10. The topological polar surface area (TPSA) is 112 Å². The van der Waals surface area contributed by atoms with Crippen LogP contribution >= 0.6 is 82.4 Å². The number of nitrogens with zero attached hydrogens (tertiary/aromatic N) is 8. The highest BCUT2D eigenvalue weighted by atomic mass is 80.0. The van der Waals surface area contributed by atoms with Crippen LogP contribution in [0, 0.1) is 0 Å². The molecular formula is C44H42Br5N8O2P. The van der Waals surface area contributed by atoms with E-state index < -0.39 is 0 Å². The van der Waals surface area contributed by atoms with E-state index in [0.717, 1.165) is 91.8 Å². The van der Waals surface area contributed by atoms with Gasteiger partial charge in [0.25, 0.3) is 0 Å². The summed E-state index contributed by atoms with van der Waals surface area (Å²) in [7, 11) is 0. The van der Waals surface area contributed by atoms with E-state index in [0.29, 0.717) is 12.8 Å². The van der Waals surface area contributed by atoms with Gasteiger partial charge in [0, 0.05) is 10.7 Å². The molecule has 0 radical (unpaired) electrons. The number of alkyl halides is 2. The Kier molecular flexibility index (Phi) is 18.1. The molecule has 10 nitrogen and oxygen atoms in total. The fourth-order valence-electron chi connectivity index (χ4n) is 6.49. The highest BCUT2D eigenvalue weighted by molar-refractivity contribution is 9.93. The molecule has 0 aliphatic carbocycles. The Morgan fingerprint density at radius 1 is 0.383 bits per heavy atom. The van der Waals surface area contributed by atoms with Crippen molar-refractivity contribution in [3.63, 3.8) is 0 Å². The predicted molar refractivity (Wildman–Crippen MR) is 260 cm³/mol. The Morgan fingerprint density at radius 2 is 0.600 bits per heavy atom. The van der Waals surface area contributed by atoms with Gasteiger partial charge in [-0.05, 0) is 145 Å². The van der Waals surface area contributed by atoms with E-state index in [-0.39, 0.29) is 17.2 Å². The van der Waals surface area contributed by atoms with Crippen LogP contribution in [0.2, 0.25) is 0 Å². The van der Waals surface area contributed by atoms with Crippen LogP contribution in [0.1, 0.15) is 45.6 Å². The standard InChI is InChI=1S/C22H20Br2N4.C22H22N4O2.Br3P/c23-15-21-13-17(25-27(21)19-7-3-1-4-8-19)11-12-18-14-22(16-24)28(26-18)20-9-5-2-6-10-20;27-15-21-13-17(23-25(21)19-7-3-1-4-8-19)11-12-18-14-22(16-28)26(24-18)20-9-5-2-6-10-20;1-4(2)3/h1-10,13-14H,11-12,15-16H2;1-10,13-14,27-28H,11-12,15-16H2;. The second kappa shape index (κ2) is 23.6. The Labute approximate surface area is 391 Å². The first-order valence-corrected chi connectivity index (χ1v) is 28.6. The number of hydrogen-bond donors (Lipinski definition) is 2. The van der Waals surface area contributed by atoms with E-state index in [9.17, 15) is 10.2 Å².